The molecule has 0 bridgehead atoms. The number of benzene rings is 1. The summed E-state index contributed by atoms with van der Waals surface area (Å²) in [5, 5.41) is 3.40. The van der Waals surface area contributed by atoms with Crippen LogP contribution < -0.4 is 5.56 Å². The molecule has 0 unspecified atom stereocenters. The zero-order chi connectivity index (χ0) is 13.4. The average molecular weight is 275 g/mol. The Morgan fingerprint density at radius 1 is 1.37 bits per heavy atom. The van der Waals surface area contributed by atoms with E-state index >= 15 is 0 Å². The minimum Gasteiger partial charge on any atom is -0.278 e. The van der Waals surface area contributed by atoms with Gasteiger partial charge in [0, 0.05) is 17.0 Å². The fraction of sp³-hybridized carbons (Fsp3) is 0.154. The minimum absolute atomic E-state index is 0.139. The van der Waals surface area contributed by atoms with E-state index in [4.69, 9.17) is 11.6 Å². The SMILES string of the molecule is Cc1nc2nc[nH]n2c(=O)c1Cc1ccccc1Cl. The van der Waals surface area contributed by atoms with Crippen molar-refractivity contribution in [1.82, 2.24) is 19.6 Å². The Morgan fingerprint density at radius 3 is 2.95 bits per heavy atom. The van der Waals surface area contributed by atoms with Gasteiger partial charge in [-0.25, -0.2) is 9.97 Å². The molecule has 0 spiro atoms. The molecule has 0 aliphatic rings. The van der Waals surface area contributed by atoms with E-state index in [0.717, 1.165) is 5.56 Å². The number of aromatic nitrogens is 4. The number of rotatable bonds is 2. The van der Waals surface area contributed by atoms with Crippen LogP contribution in [0.1, 0.15) is 16.8 Å². The van der Waals surface area contributed by atoms with Gasteiger partial charge in [-0.05, 0) is 18.6 Å². The van der Waals surface area contributed by atoms with E-state index in [2.05, 4.69) is 15.1 Å². The van der Waals surface area contributed by atoms with Crippen LogP contribution in [-0.2, 0) is 6.42 Å². The molecule has 2 aromatic heterocycles. The standard InChI is InChI=1S/C13H11ClN4O/c1-8-10(6-9-4-2-3-5-11(9)14)12(19)18-13(17-8)15-7-16-18/h2-5,7H,6H2,1H3,(H,15,16,17). The molecule has 0 aliphatic heterocycles. The van der Waals surface area contributed by atoms with Crippen molar-refractivity contribution in [3.63, 3.8) is 0 Å². The van der Waals surface area contributed by atoms with Crippen LogP contribution in [0, 0.1) is 6.92 Å². The summed E-state index contributed by atoms with van der Waals surface area (Å²) in [5.41, 5.74) is 2.07. The van der Waals surface area contributed by atoms with Crippen LogP contribution in [0.15, 0.2) is 35.4 Å². The Kier molecular flexibility index (Phi) is 2.83. The van der Waals surface area contributed by atoms with Crippen LogP contribution in [0.5, 0.6) is 0 Å². The molecule has 1 aromatic carbocycles. The van der Waals surface area contributed by atoms with Gasteiger partial charge in [0.1, 0.15) is 6.33 Å². The first-order valence-corrected chi connectivity index (χ1v) is 6.19. The monoisotopic (exact) mass is 274 g/mol. The number of fused-ring (bicyclic) bond motifs is 1. The summed E-state index contributed by atoms with van der Waals surface area (Å²) in [6.07, 6.45) is 1.90. The van der Waals surface area contributed by atoms with Crippen molar-refractivity contribution in [1.29, 1.82) is 0 Å². The Morgan fingerprint density at radius 2 is 2.16 bits per heavy atom. The molecule has 96 valence electrons. The Labute approximate surface area is 113 Å². The molecular formula is C13H11ClN4O. The van der Waals surface area contributed by atoms with Gasteiger partial charge in [-0.2, -0.15) is 4.52 Å². The zero-order valence-corrected chi connectivity index (χ0v) is 11.0. The van der Waals surface area contributed by atoms with E-state index in [9.17, 15) is 4.79 Å². The third-order valence-corrected chi connectivity index (χ3v) is 3.43. The first kappa shape index (κ1) is 11.9. The third kappa shape index (κ3) is 2.02. The van der Waals surface area contributed by atoms with Crippen molar-refractivity contribution in [3.8, 4) is 0 Å². The lowest BCUT2D eigenvalue weighted by Gasteiger charge is -2.06. The second-order valence-electron chi connectivity index (χ2n) is 4.27. The number of nitrogens with one attached hydrogen (secondary N) is 1. The van der Waals surface area contributed by atoms with Gasteiger partial charge < -0.3 is 0 Å². The molecule has 0 radical (unpaired) electrons. The van der Waals surface area contributed by atoms with Crippen LogP contribution in [0.4, 0.5) is 0 Å². The number of nitrogens with zero attached hydrogens (tertiary/aromatic N) is 3. The summed E-state index contributed by atoms with van der Waals surface area (Å²) in [4.78, 5) is 20.6. The number of hydrogen-bond acceptors (Lipinski definition) is 3. The van der Waals surface area contributed by atoms with Crippen molar-refractivity contribution >= 4 is 17.4 Å². The Bertz CT molecular complexity index is 806. The minimum atomic E-state index is -0.139. The lowest BCUT2D eigenvalue weighted by molar-refractivity contribution is 0.858. The van der Waals surface area contributed by atoms with E-state index in [0.29, 0.717) is 28.5 Å². The highest BCUT2D eigenvalue weighted by atomic mass is 35.5. The quantitative estimate of drug-likeness (QED) is 0.777. The highest BCUT2D eigenvalue weighted by Crippen LogP contribution is 2.18. The average Bonchev–Trinajstić information content (AvgIpc) is 2.84. The maximum atomic E-state index is 12.3. The van der Waals surface area contributed by atoms with Gasteiger partial charge >= 0.3 is 0 Å². The summed E-state index contributed by atoms with van der Waals surface area (Å²) in [7, 11) is 0. The largest absolute Gasteiger partial charge is 0.278 e. The zero-order valence-electron chi connectivity index (χ0n) is 10.2. The summed E-state index contributed by atoms with van der Waals surface area (Å²) < 4.78 is 1.33. The maximum absolute atomic E-state index is 12.3. The van der Waals surface area contributed by atoms with E-state index in [1.165, 1.54) is 10.8 Å². The Balaban J connectivity index is 2.15. The maximum Gasteiger partial charge on any atom is 0.277 e. The van der Waals surface area contributed by atoms with Crippen LogP contribution in [-0.4, -0.2) is 19.6 Å². The number of aryl methyl sites for hydroxylation is 1. The number of hydrogen-bond donors (Lipinski definition) is 1. The second kappa shape index (κ2) is 4.51. The van der Waals surface area contributed by atoms with Gasteiger partial charge in [0.2, 0.25) is 0 Å². The van der Waals surface area contributed by atoms with Crippen LogP contribution in [0.2, 0.25) is 5.02 Å². The lowest BCUT2D eigenvalue weighted by atomic mass is 10.1. The Hall–Kier alpha value is -2.14. The molecule has 3 aromatic rings. The predicted molar refractivity (Wildman–Crippen MR) is 72.6 cm³/mol. The molecule has 6 heteroatoms. The molecule has 0 atom stereocenters. The first-order valence-electron chi connectivity index (χ1n) is 5.82. The fourth-order valence-corrected chi connectivity index (χ4v) is 2.23. The molecule has 5 nitrogen and oxygen atoms in total. The van der Waals surface area contributed by atoms with Crippen LogP contribution >= 0.6 is 11.6 Å². The van der Waals surface area contributed by atoms with Crippen LogP contribution in [0.3, 0.4) is 0 Å². The van der Waals surface area contributed by atoms with Gasteiger partial charge in [-0.1, -0.05) is 29.8 Å². The highest BCUT2D eigenvalue weighted by Gasteiger charge is 2.12. The first-order chi connectivity index (χ1) is 9.16. The molecule has 2 heterocycles. The molecule has 0 saturated heterocycles. The summed E-state index contributed by atoms with van der Waals surface area (Å²) in [5.74, 6) is 0.380. The van der Waals surface area contributed by atoms with Crippen LogP contribution in [0.25, 0.3) is 5.78 Å². The van der Waals surface area contributed by atoms with Crippen molar-refractivity contribution in [3.05, 3.63) is 62.8 Å². The second-order valence-corrected chi connectivity index (χ2v) is 4.68. The third-order valence-electron chi connectivity index (χ3n) is 3.06. The van der Waals surface area contributed by atoms with Gasteiger partial charge in [0.25, 0.3) is 11.3 Å². The summed E-state index contributed by atoms with van der Waals surface area (Å²) in [6, 6.07) is 7.48. The lowest BCUT2D eigenvalue weighted by Crippen LogP contribution is -2.22. The van der Waals surface area contributed by atoms with Crippen molar-refractivity contribution in [2.24, 2.45) is 0 Å². The molecule has 0 amide bonds. The number of H-pyrrole nitrogens is 1. The van der Waals surface area contributed by atoms with Gasteiger partial charge in [-0.3, -0.25) is 9.89 Å². The van der Waals surface area contributed by atoms with Gasteiger partial charge in [0.15, 0.2) is 0 Å². The molecule has 19 heavy (non-hydrogen) atoms. The predicted octanol–water partition coefficient (Wildman–Crippen LogP) is 1.97. The molecule has 3 rings (SSSR count). The molecule has 0 aliphatic carbocycles. The van der Waals surface area contributed by atoms with Gasteiger partial charge in [0.05, 0.1) is 5.69 Å². The summed E-state index contributed by atoms with van der Waals surface area (Å²) >= 11 is 6.13. The smallest absolute Gasteiger partial charge is 0.277 e. The van der Waals surface area contributed by atoms with Crippen molar-refractivity contribution in [2.45, 2.75) is 13.3 Å². The topological polar surface area (TPSA) is 63.1 Å². The molecule has 1 N–H and O–H groups in total. The number of halogens is 1. The fourth-order valence-electron chi connectivity index (χ4n) is 2.03. The molecule has 0 fully saturated rings. The van der Waals surface area contributed by atoms with Crippen molar-refractivity contribution in [2.75, 3.05) is 0 Å². The van der Waals surface area contributed by atoms with E-state index in [1.807, 2.05) is 31.2 Å². The molecular weight excluding hydrogens is 264 g/mol. The number of aromatic amines is 1. The molecule has 0 saturated carbocycles. The highest BCUT2D eigenvalue weighted by molar-refractivity contribution is 6.31. The van der Waals surface area contributed by atoms with Crippen molar-refractivity contribution < 1.29 is 0 Å². The van der Waals surface area contributed by atoms with E-state index < -0.39 is 0 Å². The van der Waals surface area contributed by atoms with E-state index in [-0.39, 0.29) is 5.56 Å². The van der Waals surface area contributed by atoms with Gasteiger partial charge in [-0.15, -0.1) is 0 Å². The van der Waals surface area contributed by atoms with E-state index in [1.54, 1.807) is 0 Å². The normalized spacial score (nSPS) is 11.1. The summed E-state index contributed by atoms with van der Waals surface area (Å²) in [6.45, 7) is 1.81.